The molecule has 3 aromatic heterocycles. The first kappa shape index (κ1) is 14.2. The van der Waals surface area contributed by atoms with E-state index >= 15 is 0 Å². The van der Waals surface area contributed by atoms with Crippen molar-refractivity contribution in [1.29, 1.82) is 0 Å². The zero-order chi connectivity index (χ0) is 16.7. The minimum absolute atomic E-state index is 0.249. The van der Waals surface area contributed by atoms with Crippen LogP contribution in [0.15, 0.2) is 53.3 Å². The molecule has 1 radical (unpaired) electrons. The van der Waals surface area contributed by atoms with Crippen molar-refractivity contribution in [3.8, 4) is 22.5 Å². The highest BCUT2D eigenvalue weighted by molar-refractivity contribution is 5.98. The van der Waals surface area contributed by atoms with E-state index in [4.69, 9.17) is 10.3 Å². The molecule has 2 N–H and O–H groups in total. The summed E-state index contributed by atoms with van der Waals surface area (Å²) in [5.41, 5.74) is 9.21. The van der Waals surface area contributed by atoms with Gasteiger partial charge in [-0.15, -0.1) is 0 Å². The maximum atomic E-state index is 11.6. The molecule has 1 amide bonds. The van der Waals surface area contributed by atoms with E-state index in [1.165, 1.54) is 0 Å². The van der Waals surface area contributed by atoms with E-state index < -0.39 is 5.91 Å². The van der Waals surface area contributed by atoms with Gasteiger partial charge >= 0.3 is 0 Å². The number of rotatable bonds is 3. The van der Waals surface area contributed by atoms with Gasteiger partial charge in [0.05, 0.1) is 16.8 Å². The Hall–Kier alpha value is -3.41. The highest BCUT2D eigenvalue weighted by atomic mass is 16.5. The van der Waals surface area contributed by atoms with Gasteiger partial charge in [0.2, 0.25) is 0 Å². The van der Waals surface area contributed by atoms with Crippen LogP contribution in [-0.4, -0.2) is 20.4 Å². The zero-order valence-electron chi connectivity index (χ0n) is 12.9. The van der Waals surface area contributed by atoms with Gasteiger partial charge in [-0.1, -0.05) is 35.5 Å². The van der Waals surface area contributed by atoms with Crippen LogP contribution in [0, 0.1) is 13.0 Å². The number of aromatic nitrogens is 3. The summed E-state index contributed by atoms with van der Waals surface area (Å²) in [5.74, 6) is 0.0879. The van der Waals surface area contributed by atoms with Crippen LogP contribution in [0.4, 0.5) is 0 Å². The summed E-state index contributed by atoms with van der Waals surface area (Å²) in [6, 6.07) is 14.2. The molecule has 6 heteroatoms. The Morgan fingerprint density at radius 2 is 2.08 bits per heavy atom. The third-order valence-electron chi connectivity index (χ3n) is 3.83. The number of hydrogen-bond acceptors (Lipinski definition) is 4. The lowest BCUT2D eigenvalue weighted by atomic mass is 10.0. The number of hydrogen-bond donors (Lipinski definition) is 1. The van der Waals surface area contributed by atoms with Gasteiger partial charge in [-0.25, -0.2) is 4.98 Å². The minimum Gasteiger partial charge on any atom is -0.365 e. The SMILES string of the molecule is Cc1onc(-c2ccccc2)c1-c1cn2cc[c]c(C(N)=O)c2n1. The number of nitrogens with zero attached hydrogens (tertiary/aromatic N) is 3. The fourth-order valence-corrected chi connectivity index (χ4v) is 2.73. The fourth-order valence-electron chi connectivity index (χ4n) is 2.73. The number of nitrogens with two attached hydrogens (primary N) is 1. The monoisotopic (exact) mass is 317 g/mol. The molecule has 0 atom stereocenters. The normalized spacial score (nSPS) is 11.0. The molecule has 3 heterocycles. The smallest absolute Gasteiger partial charge is 0.253 e. The van der Waals surface area contributed by atoms with Crippen LogP contribution in [0.1, 0.15) is 16.1 Å². The molecule has 1 aromatic carbocycles. The standard InChI is InChI=1S/C18H13N4O2/c1-11-15(16(21-24-11)12-6-3-2-4-7-12)14-10-22-9-5-8-13(17(19)23)18(22)20-14/h2-7,9-10H,1H3,(H2,19,23). The molecule has 117 valence electrons. The second kappa shape index (κ2) is 5.34. The summed E-state index contributed by atoms with van der Waals surface area (Å²) in [6.07, 6.45) is 3.59. The Labute approximate surface area is 137 Å². The highest BCUT2D eigenvalue weighted by Crippen LogP contribution is 2.33. The molecule has 0 aliphatic heterocycles. The quantitative estimate of drug-likeness (QED) is 0.629. The number of primary amides is 1. The van der Waals surface area contributed by atoms with Crippen molar-refractivity contribution in [2.24, 2.45) is 5.73 Å². The topological polar surface area (TPSA) is 86.4 Å². The summed E-state index contributed by atoms with van der Waals surface area (Å²) in [5, 5.41) is 4.17. The largest absolute Gasteiger partial charge is 0.365 e. The molecule has 0 fully saturated rings. The van der Waals surface area contributed by atoms with Gasteiger partial charge in [-0.05, 0) is 13.0 Å². The summed E-state index contributed by atoms with van der Waals surface area (Å²) >= 11 is 0. The van der Waals surface area contributed by atoms with Crippen LogP contribution in [-0.2, 0) is 0 Å². The second-order valence-electron chi connectivity index (χ2n) is 5.38. The Morgan fingerprint density at radius 3 is 2.83 bits per heavy atom. The molecule has 24 heavy (non-hydrogen) atoms. The lowest BCUT2D eigenvalue weighted by molar-refractivity contribution is 0.100. The fraction of sp³-hybridized carbons (Fsp3) is 0.0556. The van der Waals surface area contributed by atoms with Crippen molar-refractivity contribution in [3.05, 3.63) is 66.2 Å². The third-order valence-corrected chi connectivity index (χ3v) is 3.83. The van der Waals surface area contributed by atoms with E-state index in [9.17, 15) is 4.79 Å². The molecule has 0 bridgehead atoms. The molecule has 0 saturated carbocycles. The molecule has 0 unspecified atom stereocenters. The molecular formula is C18H13N4O2. The van der Waals surface area contributed by atoms with Crippen LogP contribution in [0.3, 0.4) is 0 Å². The molecule has 0 spiro atoms. The van der Waals surface area contributed by atoms with Crippen molar-refractivity contribution < 1.29 is 9.32 Å². The molecular weight excluding hydrogens is 304 g/mol. The summed E-state index contributed by atoms with van der Waals surface area (Å²) in [7, 11) is 0. The number of benzene rings is 1. The number of carbonyl (C=O) groups is 1. The third kappa shape index (κ3) is 2.16. The molecule has 0 aliphatic rings. The van der Waals surface area contributed by atoms with E-state index in [0.29, 0.717) is 22.8 Å². The number of amides is 1. The van der Waals surface area contributed by atoms with E-state index in [0.717, 1.165) is 11.1 Å². The average molecular weight is 317 g/mol. The molecule has 6 nitrogen and oxygen atoms in total. The van der Waals surface area contributed by atoms with Crippen molar-refractivity contribution in [3.63, 3.8) is 0 Å². The first-order valence-corrected chi connectivity index (χ1v) is 7.36. The number of aryl methyl sites for hydroxylation is 1. The minimum atomic E-state index is -0.567. The summed E-state index contributed by atoms with van der Waals surface area (Å²) in [6.45, 7) is 1.83. The van der Waals surface area contributed by atoms with Gasteiger partial charge in [0.15, 0.2) is 5.65 Å². The summed E-state index contributed by atoms with van der Waals surface area (Å²) in [4.78, 5) is 16.1. The zero-order valence-corrected chi connectivity index (χ0v) is 12.9. The Balaban J connectivity index is 1.95. The van der Waals surface area contributed by atoms with Crippen LogP contribution in [0.2, 0.25) is 0 Å². The van der Waals surface area contributed by atoms with Crippen molar-refractivity contribution in [2.45, 2.75) is 6.92 Å². The predicted molar refractivity (Wildman–Crippen MR) is 88.2 cm³/mol. The van der Waals surface area contributed by atoms with Gasteiger partial charge in [-0.3, -0.25) is 4.79 Å². The Bertz CT molecular complexity index is 1050. The average Bonchev–Trinajstić information content (AvgIpc) is 3.18. The van der Waals surface area contributed by atoms with Gasteiger partial charge in [0.1, 0.15) is 11.5 Å². The van der Waals surface area contributed by atoms with Crippen LogP contribution < -0.4 is 5.73 Å². The van der Waals surface area contributed by atoms with E-state index in [2.05, 4.69) is 16.2 Å². The van der Waals surface area contributed by atoms with E-state index in [-0.39, 0.29) is 5.56 Å². The Kier molecular flexibility index (Phi) is 3.16. The van der Waals surface area contributed by atoms with Crippen LogP contribution >= 0.6 is 0 Å². The lowest BCUT2D eigenvalue weighted by Crippen LogP contribution is -2.12. The lowest BCUT2D eigenvalue weighted by Gasteiger charge is -1.99. The van der Waals surface area contributed by atoms with Gasteiger partial charge in [0, 0.05) is 24.0 Å². The van der Waals surface area contributed by atoms with Gasteiger partial charge in [0.25, 0.3) is 5.91 Å². The van der Waals surface area contributed by atoms with Crippen LogP contribution in [0.25, 0.3) is 28.2 Å². The van der Waals surface area contributed by atoms with Crippen molar-refractivity contribution in [2.75, 3.05) is 0 Å². The Morgan fingerprint density at radius 1 is 1.29 bits per heavy atom. The number of fused-ring (bicyclic) bond motifs is 1. The van der Waals surface area contributed by atoms with Crippen LogP contribution in [0.5, 0.6) is 0 Å². The van der Waals surface area contributed by atoms with Gasteiger partial charge in [-0.2, -0.15) is 0 Å². The molecule has 0 saturated heterocycles. The number of carbonyl (C=O) groups excluding carboxylic acids is 1. The second-order valence-corrected chi connectivity index (χ2v) is 5.38. The molecule has 4 aromatic rings. The maximum absolute atomic E-state index is 11.6. The predicted octanol–water partition coefficient (Wildman–Crippen LogP) is 2.86. The number of pyridine rings is 1. The van der Waals surface area contributed by atoms with Crippen molar-refractivity contribution >= 4 is 11.6 Å². The molecule has 4 rings (SSSR count). The van der Waals surface area contributed by atoms with E-state index in [1.54, 1.807) is 16.7 Å². The van der Waals surface area contributed by atoms with E-state index in [1.807, 2.05) is 43.5 Å². The highest BCUT2D eigenvalue weighted by Gasteiger charge is 2.20. The first-order chi connectivity index (χ1) is 11.6. The molecule has 0 aliphatic carbocycles. The summed E-state index contributed by atoms with van der Waals surface area (Å²) < 4.78 is 7.12. The maximum Gasteiger partial charge on any atom is 0.253 e. The van der Waals surface area contributed by atoms with Gasteiger partial charge < -0.3 is 14.7 Å². The number of imidazole rings is 1. The first-order valence-electron chi connectivity index (χ1n) is 7.36. The van der Waals surface area contributed by atoms with Crippen molar-refractivity contribution in [1.82, 2.24) is 14.5 Å².